The van der Waals surface area contributed by atoms with Gasteiger partial charge in [0.1, 0.15) is 5.82 Å². The van der Waals surface area contributed by atoms with E-state index < -0.39 is 5.97 Å². The molecule has 1 aliphatic rings. The Morgan fingerprint density at radius 1 is 1.32 bits per heavy atom. The molecule has 132 valence electrons. The molecule has 1 aromatic carbocycles. The van der Waals surface area contributed by atoms with Gasteiger partial charge < -0.3 is 10.0 Å². The Labute approximate surface area is 144 Å². The molecule has 0 unspecified atom stereocenters. The minimum absolute atomic E-state index is 0.116. The van der Waals surface area contributed by atoms with E-state index in [0.717, 1.165) is 36.9 Å². The fourth-order valence-corrected chi connectivity index (χ4v) is 3.14. The average molecular weight is 345 g/mol. The number of benzene rings is 1. The molecule has 25 heavy (non-hydrogen) atoms. The molecule has 0 fully saturated rings. The molecule has 6 nitrogen and oxygen atoms in total. The summed E-state index contributed by atoms with van der Waals surface area (Å²) in [5, 5.41) is 13.3. The van der Waals surface area contributed by atoms with Gasteiger partial charge in [-0.15, -0.1) is 0 Å². The van der Waals surface area contributed by atoms with Crippen molar-refractivity contribution in [2.45, 2.75) is 32.1 Å². The third kappa shape index (κ3) is 3.55. The highest BCUT2D eigenvalue weighted by Crippen LogP contribution is 2.27. The van der Waals surface area contributed by atoms with Gasteiger partial charge in [0.25, 0.3) is 5.91 Å². The zero-order valence-electron chi connectivity index (χ0n) is 14.0. The molecule has 1 amide bonds. The number of halogens is 1. The van der Waals surface area contributed by atoms with Crippen molar-refractivity contribution in [2.75, 3.05) is 13.6 Å². The van der Waals surface area contributed by atoms with Gasteiger partial charge in [0, 0.05) is 24.8 Å². The van der Waals surface area contributed by atoms with Gasteiger partial charge in [0.2, 0.25) is 0 Å². The van der Waals surface area contributed by atoms with E-state index in [2.05, 4.69) is 5.10 Å². The summed E-state index contributed by atoms with van der Waals surface area (Å²) in [6.45, 7) is 0.121. The number of hydrogen-bond acceptors (Lipinski definition) is 3. The number of aromatic nitrogens is 2. The zero-order valence-corrected chi connectivity index (χ0v) is 14.0. The smallest absolute Gasteiger partial charge is 0.305 e. The summed E-state index contributed by atoms with van der Waals surface area (Å²) in [5.41, 5.74) is 2.76. The Kier molecular flexibility index (Phi) is 4.83. The van der Waals surface area contributed by atoms with Crippen molar-refractivity contribution < 1.29 is 19.1 Å². The number of nitrogens with zero attached hydrogens (tertiary/aromatic N) is 3. The van der Waals surface area contributed by atoms with Gasteiger partial charge in [-0.05, 0) is 43.9 Å². The molecular weight excluding hydrogens is 325 g/mol. The summed E-state index contributed by atoms with van der Waals surface area (Å²) in [6.07, 6.45) is 3.38. The van der Waals surface area contributed by atoms with Gasteiger partial charge in [-0.1, -0.05) is 6.07 Å². The Hall–Kier alpha value is -2.70. The van der Waals surface area contributed by atoms with Crippen molar-refractivity contribution in [2.24, 2.45) is 0 Å². The first-order chi connectivity index (χ1) is 12.0. The maximum Gasteiger partial charge on any atom is 0.305 e. The monoisotopic (exact) mass is 345 g/mol. The van der Waals surface area contributed by atoms with Crippen LogP contribution >= 0.6 is 0 Å². The maximum absolute atomic E-state index is 13.6. The van der Waals surface area contributed by atoms with Crippen LogP contribution < -0.4 is 0 Å². The Morgan fingerprint density at radius 3 is 2.80 bits per heavy atom. The molecule has 0 bridgehead atoms. The number of carbonyl (C=O) groups is 2. The van der Waals surface area contributed by atoms with Gasteiger partial charge in [-0.3, -0.25) is 9.59 Å². The van der Waals surface area contributed by atoms with E-state index in [-0.39, 0.29) is 24.7 Å². The largest absolute Gasteiger partial charge is 0.481 e. The van der Waals surface area contributed by atoms with Crippen LogP contribution in [0.15, 0.2) is 24.3 Å². The molecule has 0 saturated heterocycles. The van der Waals surface area contributed by atoms with Gasteiger partial charge in [0.05, 0.1) is 12.1 Å². The molecule has 1 aromatic heterocycles. The van der Waals surface area contributed by atoms with Gasteiger partial charge in [-0.25, -0.2) is 9.07 Å². The Bertz CT molecular complexity index is 816. The fraction of sp³-hybridized carbons (Fsp3) is 0.389. The topological polar surface area (TPSA) is 75.4 Å². The molecule has 1 heterocycles. The van der Waals surface area contributed by atoms with Gasteiger partial charge in [0.15, 0.2) is 5.69 Å². The van der Waals surface area contributed by atoms with E-state index in [0.29, 0.717) is 11.4 Å². The molecule has 7 heteroatoms. The zero-order chi connectivity index (χ0) is 18.0. The predicted molar refractivity (Wildman–Crippen MR) is 89.4 cm³/mol. The van der Waals surface area contributed by atoms with Crippen LogP contribution in [0.2, 0.25) is 0 Å². The Morgan fingerprint density at radius 2 is 2.08 bits per heavy atom. The summed E-state index contributed by atoms with van der Waals surface area (Å²) in [7, 11) is 1.57. The van der Waals surface area contributed by atoms with E-state index in [1.165, 1.54) is 17.0 Å². The van der Waals surface area contributed by atoms with Crippen LogP contribution in [0.4, 0.5) is 4.39 Å². The normalized spacial score (nSPS) is 13.4. The van der Waals surface area contributed by atoms with Crippen LogP contribution in [0, 0.1) is 5.82 Å². The average Bonchev–Trinajstić information content (AvgIpc) is 2.98. The van der Waals surface area contributed by atoms with Gasteiger partial charge in [-0.2, -0.15) is 5.10 Å². The van der Waals surface area contributed by atoms with Crippen LogP contribution in [-0.2, 0) is 17.6 Å². The summed E-state index contributed by atoms with van der Waals surface area (Å²) in [6, 6.07) is 6.13. The summed E-state index contributed by atoms with van der Waals surface area (Å²) in [5.74, 6) is -1.61. The number of carbonyl (C=O) groups excluding carboxylic acids is 1. The second-order valence-electron chi connectivity index (χ2n) is 6.24. The van der Waals surface area contributed by atoms with E-state index >= 15 is 0 Å². The SMILES string of the molecule is CN(CCC(=O)O)C(=O)c1nn(-c2cccc(F)c2)c2c1CCCC2. The minimum atomic E-state index is -0.952. The molecule has 0 saturated carbocycles. The number of carboxylic acid groups (broad SMARTS) is 1. The molecule has 1 N–H and O–H groups in total. The number of fused-ring (bicyclic) bond motifs is 1. The summed E-state index contributed by atoms with van der Waals surface area (Å²) < 4.78 is 15.2. The first-order valence-electron chi connectivity index (χ1n) is 8.31. The molecule has 3 rings (SSSR count). The lowest BCUT2D eigenvalue weighted by molar-refractivity contribution is -0.137. The summed E-state index contributed by atoms with van der Waals surface area (Å²) in [4.78, 5) is 24.8. The lowest BCUT2D eigenvalue weighted by atomic mass is 9.95. The van der Waals surface area contributed by atoms with Crippen molar-refractivity contribution in [1.82, 2.24) is 14.7 Å². The second-order valence-corrected chi connectivity index (χ2v) is 6.24. The molecule has 0 radical (unpaired) electrons. The molecule has 1 aliphatic carbocycles. The molecule has 2 aromatic rings. The lowest BCUT2D eigenvalue weighted by Crippen LogP contribution is -2.30. The van der Waals surface area contributed by atoms with E-state index in [4.69, 9.17) is 5.11 Å². The highest BCUT2D eigenvalue weighted by atomic mass is 19.1. The van der Waals surface area contributed by atoms with Crippen molar-refractivity contribution >= 4 is 11.9 Å². The standard InChI is InChI=1S/C18H20FN3O3/c1-21(10-9-16(23)24)18(25)17-14-7-2-3-8-15(14)22(20-17)13-6-4-5-12(19)11-13/h4-6,11H,2-3,7-10H2,1H3,(H,23,24). The Balaban J connectivity index is 1.97. The first kappa shape index (κ1) is 17.1. The highest BCUT2D eigenvalue weighted by molar-refractivity contribution is 5.94. The van der Waals surface area contributed by atoms with Crippen molar-refractivity contribution in [3.63, 3.8) is 0 Å². The van der Waals surface area contributed by atoms with Crippen molar-refractivity contribution in [3.05, 3.63) is 47.0 Å². The third-order valence-electron chi connectivity index (χ3n) is 4.44. The van der Waals surface area contributed by atoms with Crippen LogP contribution in [0.3, 0.4) is 0 Å². The highest BCUT2D eigenvalue weighted by Gasteiger charge is 2.27. The minimum Gasteiger partial charge on any atom is -0.481 e. The number of amides is 1. The quantitative estimate of drug-likeness (QED) is 0.903. The molecule has 0 atom stereocenters. The molecular formula is C18H20FN3O3. The number of aliphatic carboxylic acids is 1. The molecule has 0 aliphatic heterocycles. The van der Waals surface area contributed by atoms with E-state index in [1.54, 1.807) is 23.9 Å². The van der Waals surface area contributed by atoms with Crippen molar-refractivity contribution in [1.29, 1.82) is 0 Å². The first-order valence-corrected chi connectivity index (χ1v) is 8.31. The van der Waals surface area contributed by atoms with Gasteiger partial charge >= 0.3 is 5.97 Å². The number of rotatable bonds is 5. The summed E-state index contributed by atoms with van der Waals surface area (Å²) >= 11 is 0. The fourth-order valence-electron chi connectivity index (χ4n) is 3.14. The number of hydrogen-bond donors (Lipinski definition) is 1. The third-order valence-corrected chi connectivity index (χ3v) is 4.44. The van der Waals surface area contributed by atoms with Crippen LogP contribution in [0.25, 0.3) is 5.69 Å². The maximum atomic E-state index is 13.6. The van der Waals surface area contributed by atoms with E-state index in [9.17, 15) is 14.0 Å². The van der Waals surface area contributed by atoms with Crippen molar-refractivity contribution in [3.8, 4) is 5.69 Å². The lowest BCUT2D eigenvalue weighted by Gasteiger charge is -2.17. The van der Waals surface area contributed by atoms with Crippen LogP contribution in [0.5, 0.6) is 0 Å². The predicted octanol–water partition coefficient (Wildman–Crippen LogP) is 2.44. The number of carboxylic acids is 1. The second kappa shape index (κ2) is 7.04. The van der Waals surface area contributed by atoms with Crippen LogP contribution in [0.1, 0.15) is 41.0 Å². The molecule has 0 spiro atoms. The van der Waals surface area contributed by atoms with Crippen LogP contribution in [-0.4, -0.2) is 45.3 Å². The van der Waals surface area contributed by atoms with E-state index in [1.807, 2.05) is 0 Å².